The highest BCUT2D eigenvalue weighted by Gasteiger charge is 2.14. The molecule has 1 aliphatic rings. The van der Waals surface area contributed by atoms with Crippen LogP contribution in [0.15, 0.2) is 24.3 Å². The number of hydrogen-bond acceptors (Lipinski definition) is 3. The van der Waals surface area contributed by atoms with Crippen molar-refractivity contribution in [2.75, 3.05) is 18.0 Å². The number of hydrogen-bond donors (Lipinski definition) is 1. The van der Waals surface area contributed by atoms with Gasteiger partial charge in [-0.05, 0) is 49.9 Å². The van der Waals surface area contributed by atoms with E-state index < -0.39 is 5.97 Å². The molecule has 1 aliphatic heterocycles. The van der Waals surface area contributed by atoms with Crippen molar-refractivity contribution >= 4 is 22.7 Å². The maximum Gasteiger partial charge on any atom is 0.335 e. The molecular formula is C16H18N2O2. The Balaban J connectivity index is 2.08. The predicted octanol–water partition coefficient (Wildman–Crippen LogP) is 3.23. The first-order chi connectivity index (χ1) is 9.65. The van der Waals surface area contributed by atoms with E-state index in [9.17, 15) is 4.79 Å². The molecule has 0 bridgehead atoms. The molecule has 0 saturated carbocycles. The minimum absolute atomic E-state index is 0.292. The smallest absolute Gasteiger partial charge is 0.335 e. The molecule has 0 spiro atoms. The Morgan fingerprint density at radius 3 is 2.65 bits per heavy atom. The van der Waals surface area contributed by atoms with Gasteiger partial charge in [0.05, 0.1) is 11.1 Å². The third-order valence-corrected chi connectivity index (χ3v) is 3.93. The van der Waals surface area contributed by atoms with Crippen molar-refractivity contribution in [2.45, 2.75) is 26.2 Å². The molecule has 0 radical (unpaired) electrons. The van der Waals surface area contributed by atoms with E-state index in [0.29, 0.717) is 5.56 Å². The quantitative estimate of drug-likeness (QED) is 0.910. The second-order valence-corrected chi connectivity index (χ2v) is 5.38. The largest absolute Gasteiger partial charge is 0.478 e. The number of carboxylic acids is 1. The van der Waals surface area contributed by atoms with Crippen molar-refractivity contribution in [3.8, 4) is 0 Å². The van der Waals surface area contributed by atoms with Crippen LogP contribution in [0.4, 0.5) is 5.82 Å². The molecule has 1 fully saturated rings. The third kappa shape index (κ3) is 2.33. The fraction of sp³-hybridized carbons (Fsp3) is 0.375. The van der Waals surface area contributed by atoms with Crippen LogP contribution in [-0.4, -0.2) is 29.1 Å². The van der Waals surface area contributed by atoms with Gasteiger partial charge in [0.2, 0.25) is 0 Å². The molecule has 104 valence electrons. The summed E-state index contributed by atoms with van der Waals surface area (Å²) in [5.41, 5.74) is 2.21. The Labute approximate surface area is 118 Å². The van der Waals surface area contributed by atoms with Gasteiger partial charge in [0, 0.05) is 18.5 Å². The van der Waals surface area contributed by atoms with Crippen LogP contribution in [0.1, 0.15) is 35.2 Å². The van der Waals surface area contributed by atoms with E-state index in [0.717, 1.165) is 35.4 Å². The van der Waals surface area contributed by atoms with E-state index in [2.05, 4.69) is 22.9 Å². The van der Waals surface area contributed by atoms with Crippen molar-refractivity contribution in [2.24, 2.45) is 0 Å². The van der Waals surface area contributed by atoms with Gasteiger partial charge in [-0.1, -0.05) is 6.07 Å². The van der Waals surface area contributed by atoms with E-state index in [1.807, 2.05) is 6.07 Å². The van der Waals surface area contributed by atoms with Gasteiger partial charge in [-0.2, -0.15) is 0 Å². The summed E-state index contributed by atoms with van der Waals surface area (Å²) in [4.78, 5) is 18.0. The normalized spacial score (nSPS) is 15.6. The van der Waals surface area contributed by atoms with Crippen LogP contribution in [0.2, 0.25) is 0 Å². The maximum atomic E-state index is 11.1. The predicted molar refractivity (Wildman–Crippen MR) is 79.5 cm³/mol. The van der Waals surface area contributed by atoms with Gasteiger partial charge in [-0.3, -0.25) is 0 Å². The molecule has 4 nitrogen and oxygen atoms in total. The first-order valence-corrected chi connectivity index (χ1v) is 7.05. The van der Waals surface area contributed by atoms with Gasteiger partial charge < -0.3 is 10.0 Å². The second-order valence-electron chi connectivity index (χ2n) is 5.38. The monoisotopic (exact) mass is 270 g/mol. The fourth-order valence-electron chi connectivity index (χ4n) is 2.80. The van der Waals surface area contributed by atoms with Crippen LogP contribution >= 0.6 is 0 Å². The molecule has 1 N–H and O–H groups in total. The highest BCUT2D eigenvalue weighted by Crippen LogP contribution is 2.25. The lowest BCUT2D eigenvalue weighted by Gasteiger charge is -2.28. The summed E-state index contributed by atoms with van der Waals surface area (Å²) in [6, 6.07) is 7.26. The number of nitrogens with zero attached hydrogens (tertiary/aromatic N) is 2. The number of benzene rings is 1. The van der Waals surface area contributed by atoms with E-state index in [-0.39, 0.29) is 0 Å². The van der Waals surface area contributed by atoms with E-state index >= 15 is 0 Å². The Morgan fingerprint density at radius 2 is 1.95 bits per heavy atom. The number of piperidine rings is 1. The molecule has 2 aromatic rings. The zero-order valence-corrected chi connectivity index (χ0v) is 11.6. The standard InChI is InChI=1S/C16H18N2O2/c1-11-9-15(18-7-3-2-4-8-18)17-14-10-12(16(19)20)5-6-13(11)14/h5-6,9-10H,2-4,7-8H2,1H3,(H,19,20). The van der Waals surface area contributed by atoms with Crippen LogP contribution in [0.3, 0.4) is 0 Å². The van der Waals surface area contributed by atoms with Crippen molar-refractivity contribution in [3.63, 3.8) is 0 Å². The number of fused-ring (bicyclic) bond motifs is 1. The minimum Gasteiger partial charge on any atom is -0.478 e. The zero-order valence-electron chi connectivity index (χ0n) is 11.6. The number of carbonyl (C=O) groups is 1. The Bertz CT molecular complexity index is 661. The molecule has 20 heavy (non-hydrogen) atoms. The minimum atomic E-state index is -0.908. The number of aryl methyl sites for hydroxylation is 1. The number of aromatic nitrogens is 1. The summed E-state index contributed by atoms with van der Waals surface area (Å²) >= 11 is 0. The first-order valence-electron chi connectivity index (χ1n) is 7.05. The van der Waals surface area contributed by atoms with E-state index in [1.165, 1.54) is 19.3 Å². The van der Waals surface area contributed by atoms with Crippen LogP contribution < -0.4 is 4.90 Å². The number of pyridine rings is 1. The molecule has 4 heteroatoms. The molecule has 0 unspecified atom stereocenters. The number of anilines is 1. The number of aromatic carboxylic acids is 1. The van der Waals surface area contributed by atoms with Gasteiger partial charge in [-0.25, -0.2) is 9.78 Å². The Morgan fingerprint density at radius 1 is 1.20 bits per heavy atom. The summed E-state index contributed by atoms with van der Waals surface area (Å²) in [6.07, 6.45) is 3.69. The lowest BCUT2D eigenvalue weighted by Crippen LogP contribution is -2.30. The average molecular weight is 270 g/mol. The molecule has 2 heterocycles. The summed E-state index contributed by atoms with van der Waals surface area (Å²) in [7, 11) is 0. The molecule has 0 aliphatic carbocycles. The van der Waals surface area contributed by atoms with Gasteiger partial charge in [0.25, 0.3) is 0 Å². The van der Waals surface area contributed by atoms with Crippen molar-refractivity contribution in [3.05, 3.63) is 35.4 Å². The lowest BCUT2D eigenvalue weighted by molar-refractivity contribution is 0.0697. The molecule has 0 atom stereocenters. The van der Waals surface area contributed by atoms with Gasteiger partial charge >= 0.3 is 5.97 Å². The highest BCUT2D eigenvalue weighted by molar-refractivity contribution is 5.94. The SMILES string of the molecule is Cc1cc(N2CCCCC2)nc2cc(C(=O)O)ccc12. The van der Waals surface area contributed by atoms with Crippen LogP contribution in [0, 0.1) is 6.92 Å². The fourth-order valence-corrected chi connectivity index (χ4v) is 2.80. The molecule has 1 saturated heterocycles. The maximum absolute atomic E-state index is 11.1. The summed E-state index contributed by atoms with van der Waals surface area (Å²) < 4.78 is 0. The molecule has 1 aromatic heterocycles. The molecule has 0 amide bonds. The topological polar surface area (TPSA) is 53.4 Å². The molecule has 1 aromatic carbocycles. The van der Waals surface area contributed by atoms with Crippen LogP contribution in [0.25, 0.3) is 10.9 Å². The number of carboxylic acid groups (broad SMARTS) is 1. The Hall–Kier alpha value is -2.10. The zero-order chi connectivity index (χ0) is 14.1. The van der Waals surface area contributed by atoms with Crippen molar-refractivity contribution in [1.82, 2.24) is 4.98 Å². The molecule has 3 rings (SSSR count). The molecular weight excluding hydrogens is 252 g/mol. The van der Waals surface area contributed by atoms with Gasteiger partial charge in [0.15, 0.2) is 0 Å². The summed E-state index contributed by atoms with van der Waals surface area (Å²) in [5.74, 6) is 0.0620. The summed E-state index contributed by atoms with van der Waals surface area (Å²) in [5, 5.41) is 10.1. The van der Waals surface area contributed by atoms with Crippen LogP contribution in [0.5, 0.6) is 0 Å². The lowest BCUT2D eigenvalue weighted by atomic mass is 10.1. The average Bonchev–Trinajstić information content (AvgIpc) is 2.47. The number of rotatable bonds is 2. The Kier molecular flexibility index (Phi) is 3.30. The van der Waals surface area contributed by atoms with Gasteiger partial charge in [-0.15, -0.1) is 0 Å². The second kappa shape index (κ2) is 5.12. The van der Waals surface area contributed by atoms with Crippen molar-refractivity contribution in [1.29, 1.82) is 0 Å². The summed E-state index contributed by atoms with van der Waals surface area (Å²) in [6.45, 7) is 4.13. The first kappa shape index (κ1) is 12.9. The third-order valence-electron chi connectivity index (χ3n) is 3.93. The van der Waals surface area contributed by atoms with E-state index in [1.54, 1.807) is 12.1 Å². The van der Waals surface area contributed by atoms with E-state index in [4.69, 9.17) is 5.11 Å². The van der Waals surface area contributed by atoms with Crippen LogP contribution in [-0.2, 0) is 0 Å². The highest BCUT2D eigenvalue weighted by atomic mass is 16.4. The van der Waals surface area contributed by atoms with Gasteiger partial charge in [0.1, 0.15) is 5.82 Å². The van der Waals surface area contributed by atoms with Crippen molar-refractivity contribution < 1.29 is 9.90 Å².